The minimum atomic E-state index is -3.96. The summed E-state index contributed by atoms with van der Waals surface area (Å²) in [6.45, 7) is 4.47. The smallest absolute Gasteiger partial charge is 0.388 e. The second kappa shape index (κ2) is 11.6. The van der Waals surface area contributed by atoms with Gasteiger partial charge < -0.3 is 15.5 Å². The van der Waals surface area contributed by atoms with E-state index in [1.165, 1.54) is 17.5 Å². The molecule has 0 aliphatic carbocycles. The molecule has 0 aliphatic heterocycles. The first-order valence-electron chi connectivity index (χ1n) is 10.0. The van der Waals surface area contributed by atoms with E-state index in [0.717, 1.165) is 23.9 Å². The summed E-state index contributed by atoms with van der Waals surface area (Å²) in [5.41, 5.74) is 1.26. The fourth-order valence-corrected chi connectivity index (χ4v) is 3.94. The predicted octanol–water partition coefficient (Wildman–Crippen LogP) is 6.28. The number of nitrogens with zero attached hydrogens (tertiary/aromatic N) is 2. The second-order valence-corrected chi connectivity index (χ2v) is 8.41. The minimum absolute atomic E-state index is 0.0593. The van der Waals surface area contributed by atoms with Crippen LogP contribution in [-0.4, -0.2) is 32.3 Å². The van der Waals surface area contributed by atoms with Gasteiger partial charge in [0.15, 0.2) is 5.15 Å². The number of amides is 1. The molecule has 3 N–H and O–H groups in total. The highest BCUT2D eigenvalue weighted by Crippen LogP contribution is 2.35. The number of benzene rings is 1. The molecule has 1 amide bonds. The topological polar surface area (TPSA) is 95.3 Å². The normalized spacial score (nSPS) is 11.1. The zero-order chi connectivity index (χ0) is 25.6. The van der Waals surface area contributed by atoms with Crippen LogP contribution >= 0.6 is 22.9 Å². The number of aliphatic hydroxyl groups is 1. The lowest BCUT2D eigenvalue weighted by Crippen LogP contribution is -2.14. The van der Waals surface area contributed by atoms with Gasteiger partial charge in [0.2, 0.25) is 0 Å². The minimum Gasteiger partial charge on any atom is -0.507 e. The number of hydrogen-bond acceptors (Lipinski definition) is 6. The van der Waals surface area contributed by atoms with Crippen molar-refractivity contribution in [3.8, 4) is 16.3 Å². The number of carbonyl (C=O) groups is 1. The molecule has 0 unspecified atom stereocenters. The molecule has 0 saturated carbocycles. The van der Waals surface area contributed by atoms with Gasteiger partial charge in [0, 0.05) is 23.1 Å². The number of thiazole rings is 1. The van der Waals surface area contributed by atoms with E-state index in [2.05, 4.69) is 15.3 Å². The summed E-state index contributed by atoms with van der Waals surface area (Å²) < 4.78 is 47.1. The number of phenols is 1. The standard InChI is InChI=1S/C19H17ClFN3O3S.C3H5F3/c1-3-15-13(8-25)23-19(28-15)10-7-14(26)11(6-12(10)21)18(27)24-16-9(2)4-5-22-17(16)20;1-2-3(4,5)6/h4-7,25-26H,3,8H2,1-2H3,(H,24,27);2H2,1H3. The van der Waals surface area contributed by atoms with Crippen molar-refractivity contribution in [1.82, 2.24) is 9.97 Å². The van der Waals surface area contributed by atoms with Crippen LogP contribution in [0.5, 0.6) is 5.75 Å². The Morgan fingerprint density at radius 1 is 1.26 bits per heavy atom. The van der Waals surface area contributed by atoms with Crippen molar-refractivity contribution in [2.24, 2.45) is 0 Å². The lowest BCUT2D eigenvalue weighted by molar-refractivity contribution is -0.130. The molecule has 0 radical (unpaired) electrons. The Labute approximate surface area is 202 Å². The zero-order valence-corrected chi connectivity index (χ0v) is 20.0. The fraction of sp³-hybridized carbons (Fsp3) is 0.318. The molecule has 0 atom stereocenters. The summed E-state index contributed by atoms with van der Waals surface area (Å²) in [4.78, 5) is 21.5. The van der Waals surface area contributed by atoms with Crippen molar-refractivity contribution >= 4 is 34.5 Å². The number of nitrogens with one attached hydrogen (secondary N) is 1. The van der Waals surface area contributed by atoms with Crippen molar-refractivity contribution in [3.63, 3.8) is 0 Å². The van der Waals surface area contributed by atoms with Crippen LogP contribution in [0.15, 0.2) is 24.4 Å². The SMILES string of the molecule is CCC(F)(F)F.CCc1sc(-c2cc(O)c(C(=O)Nc3c(C)ccnc3Cl)cc2F)nc1CO. The highest BCUT2D eigenvalue weighted by Gasteiger charge is 2.23. The highest BCUT2D eigenvalue weighted by molar-refractivity contribution is 7.15. The third-order valence-corrected chi connectivity index (χ3v) is 6.12. The van der Waals surface area contributed by atoms with Gasteiger partial charge in [-0.1, -0.05) is 25.4 Å². The molecule has 0 bridgehead atoms. The number of hydrogen-bond donors (Lipinski definition) is 3. The van der Waals surface area contributed by atoms with Gasteiger partial charge in [-0.2, -0.15) is 13.2 Å². The molecule has 1 aromatic carbocycles. The number of rotatable bonds is 5. The largest absolute Gasteiger partial charge is 0.507 e. The third kappa shape index (κ3) is 6.87. The van der Waals surface area contributed by atoms with Gasteiger partial charge in [-0.15, -0.1) is 11.3 Å². The molecule has 0 fully saturated rings. The van der Waals surface area contributed by atoms with Gasteiger partial charge in [-0.3, -0.25) is 4.79 Å². The molecular formula is C22H22ClF4N3O3S. The highest BCUT2D eigenvalue weighted by atomic mass is 35.5. The maximum absolute atomic E-state index is 14.7. The van der Waals surface area contributed by atoms with Crippen LogP contribution < -0.4 is 5.32 Å². The second-order valence-electron chi connectivity index (χ2n) is 6.97. The van der Waals surface area contributed by atoms with Gasteiger partial charge >= 0.3 is 6.18 Å². The Bertz CT molecular complexity index is 1130. The van der Waals surface area contributed by atoms with Crippen molar-refractivity contribution in [1.29, 1.82) is 0 Å². The lowest BCUT2D eigenvalue weighted by atomic mass is 10.1. The lowest BCUT2D eigenvalue weighted by Gasteiger charge is -2.11. The number of aryl methyl sites for hydroxylation is 2. The number of phenolic OH excluding ortho intramolecular Hbond substituents is 1. The molecule has 12 heteroatoms. The van der Waals surface area contributed by atoms with E-state index in [0.29, 0.717) is 22.7 Å². The monoisotopic (exact) mass is 519 g/mol. The van der Waals surface area contributed by atoms with E-state index in [-0.39, 0.29) is 28.6 Å². The van der Waals surface area contributed by atoms with Crippen LogP contribution in [0.1, 0.15) is 46.8 Å². The molecule has 2 aromatic heterocycles. The average Bonchev–Trinajstić information content (AvgIpc) is 3.20. The Morgan fingerprint density at radius 3 is 2.41 bits per heavy atom. The maximum atomic E-state index is 14.7. The van der Waals surface area contributed by atoms with Crippen molar-refractivity contribution in [2.75, 3.05) is 5.32 Å². The summed E-state index contributed by atoms with van der Waals surface area (Å²) >= 11 is 7.22. The summed E-state index contributed by atoms with van der Waals surface area (Å²) in [5.74, 6) is -1.83. The maximum Gasteiger partial charge on any atom is 0.388 e. The first-order valence-corrected chi connectivity index (χ1v) is 11.2. The van der Waals surface area contributed by atoms with E-state index in [1.54, 1.807) is 13.0 Å². The van der Waals surface area contributed by atoms with E-state index >= 15 is 0 Å². The first-order chi connectivity index (χ1) is 15.9. The Morgan fingerprint density at radius 2 is 1.91 bits per heavy atom. The van der Waals surface area contributed by atoms with Crippen molar-refractivity contribution in [2.45, 2.75) is 46.4 Å². The number of aromatic hydroxyl groups is 1. The van der Waals surface area contributed by atoms with Gasteiger partial charge in [0.1, 0.15) is 16.6 Å². The Kier molecular flexibility index (Phi) is 9.37. The number of halogens is 5. The number of carbonyl (C=O) groups excluding carboxylic acids is 1. The van der Waals surface area contributed by atoms with Crippen LogP contribution in [0.4, 0.5) is 23.2 Å². The quantitative estimate of drug-likeness (QED) is 0.272. The molecule has 3 rings (SSSR count). The van der Waals surface area contributed by atoms with E-state index < -0.39 is 30.1 Å². The Hall–Kier alpha value is -2.76. The molecule has 3 aromatic rings. The summed E-state index contributed by atoms with van der Waals surface area (Å²) in [5, 5.41) is 22.6. The van der Waals surface area contributed by atoms with Crippen LogP contribution in [0, 0.1) is 12.7 Å². The van der Waals surface area contributed by atoms with Crippen LogP contribution in [0.2, 0.25) is 5.15 Å². The third-order valence-electron chi connectivity index (χ3n) is 4.56. The number of alkyl halides is 3. The van der Waals surface area contributed by atoms with Gasteiger partial charge in [-0.05, 0) is 37.1 Å². The molecule has 0 aliphatic rings. The molecule has 0 saturated heterocycles. The average molecular weight is 520 g/mol. The first kappa shape index (κ1) is 27.5. The fourth-order valence-electron chi connectivity index (χ4n) is 2.66. The van der Waals surface area contributed by atoms with Crippen LogP contribution in [0.25, 0.3) is 10.6 Å². The van der Waals surface area contributed by atoms with Crippen molar-refractivity contribution in [3.05, 3.63) is 57.1 Å². The molecule has 0 spiro atoms. The predicted molar refractivity (Wildman–Crippen MR) is 123 cm³/mol. The van der Waals surface area contributed by atoms with E-state index in [1.807, 2.05) is 6.92 Å². The molecule has 184 valence electrons. The molecule has 2 heterocycles. The summed E-state index contributed by atoms with van der Waals surface area (Å²) in [6, 6.07) is 3.77. The molecule has 34 heavy (non-hydrogen) atoms. The summed E-state index contributed by atoms with van der Waals surface area (Å²) in [6.07, 6.45) is -2.54. The van der Waals surface area contributed by atoms with Gasteiger partial charge in [0.25, 0.3) is 5.91 Å². The van der Waals surface area contributed by atoms with Gasteiger partial charge in [0.05, 0.1) is 23.6 Å². The molecule has 6 nitrogen and oxygen atoms in total. The number of aliphatic hydroxyl groups excluding tert-OH is 1. The van der Waals surface area contributed by atoms with E-state index in [9.17, 15) is 32.6 Å². The van der Waals surface area contributed by atoms with Crippen LogP contribution in [-0.2, 0) is 13.0 Å². The number of pyridine rings is 1. The van der Waals surface area contributed by atoms with Crippen molar-refractivity contribution < 1.29 is 32.6 Å². The van der Waals surface area contributed by atoms with Crippen LogP contribution in [0.3, 0.4) is 0 Å². The van der Waals surface area contributed by atoms with Gasteiger partial charge in [-0.25, -0.2) is 14.4 Å². The molecular weight excluding hydrogens is 498 g/mol. The number of aromatic nitrogens is 2. The Balaban J connectivity index is 0.000000604. The number of anilines is 1. The van der Waals surface area contributed by atoms with E-state index in [4.69, 9.17) is 11.6 Å². The summed E-state index contributed by atoms with van der Waals surface area (Å²) in [7, 11) is 0. The zero-order valence-electron chi connectivity index (χ0n) is 18.4.